The molecule has 2 aliphatic rings. The summed E-state index contributed by atoms with van der Waals surface area (Å²) < 4.78 is 5.99. The normalized spacial score (nSPS) is 26.0. The highest BCUT2D eigenvalue weighted by Gasteiger charge is 2.31. The summed E-state index contributed by atoms with van der Waals surface area (Å²) in [5, 5.41) is 29.0. The molecule has 1 saturated heterocycles. The van der Waals surface area contributed by atoms with Crippen LogP contribution in [0.25, 0.3) is 0 Å². The second-order valence-electron chi connectivity index (χ2n) is 7.63. The fourth-order valence-corrected chi connectivity index (χ4v) is 3.93. The summed E-state index contributed by atoms with van der Waals surface area (Å²) in [5.41, 5.74) is 4.93. The van der Waals surface area contributed by atoms with Gasteiger partial charge in [-0.3, -0.25) is 0 Å². The Morgan fingerprint density at radius 1 is 1.00 bits per heavy atom. The van der Waals surface area contributed by atoms with E-state index < -0.39 is 6.10 Å². The van der Waals surface area contributed by atoms with Gasteiger partial charge in [-0.05, 0) is 59.6 Å². The maximum absolute atomic E-state index is 10.1. The predicted octanol–water partition coefficient (Wildman–Crippen LogP) is 3.43. The average Bonchev–Trinajstić information content (AvgIpc) is 3.48. The minimum absolute atomic E-state index is 0.0614. The highest BCUT2D eigenvalue weighted by Crippen LogP contribution is 2.43. The van der Waals surface area contributed by atoms with Crippen molar-refractivity contribution in [3.8, 4) is 5.75 Å². The number of rotatable bonds is 5. The molecular formula is C22H26O4. The van der Waals surface area contributed by atoms with Gasteiger partial charge in [-0.15, -0.1) is 0 Å². The van der Waals surface area contributed by atoms with Crippen LogP contribution < -0.4 is 0 Å². The Hall–Kier alpha value is -1.88. The van der Waals surface area contributed by atoms with E-state index in [9.17, 15) is 15.3 Å². The summed E-state index contributed by atoms with van der Waals surface area (Å²) in [4.78, 5) is 0. The number of phenolic OH excluding ortho intramolecular Hbond substituents is 1. The van der Waals surface area contributed by atoms with Crippen LogP contribution in [-0.4, -0.2) is 34.1 Å². The number of benzene rings is 2. The molecule has 2 aromatic carbocycles. The summed E-state index contributed by atoms with van der Waals surface area (Å²) >= 11 is 0. The molecule has 0 amide bonds. The number of ether oxygens (including phenoxy) is 1. The number of hydrogen-bond donors (Lipinski definition) is 3. The number of phenols is 1. The third-order valence-corrected chi connectivity index (χ3v) is 5.47. The van der Waals surface area contributed by atoms with Gasteiger partial charge in [0.25, 0.3) is 0 Å². The molecule has 1 heterocycles. The van der Waals surface area contributed by atoms with E-state index in [-0.39, 0.29) is 24.6 Å². The highest BCUT2D eigenvalue weighted by atomic mass is 16.5. The zero-order valence-electron chi connectivity index (χ0n) is 14.8. The molecule has 1 saturated carbocycles. The zero-order chi connectivity index (χ0) is 18.1. The number of aliphatic hydroxyl groups is 2. The first-order chi connectivity index (χ1) is 12.6. The van der Waals surface area contributed by atoms with Crippen molar-refractivity contribution in [2.24, 2.45) is 0 Å². The minimum Gasteiger partial charge on any atom is -0.508 e. The Morgan fingerprint density at radius 3 is 2.46 bits per heavy atom. The Kier molecular flexibility index (Phi) is 4.98. The van der Waals surface area contributed by atoms with Crippen LogP contribution in [0.3, 0.4) is 0 Å². The van der Waals surface area contributed by atoms with E-state index in [1.165, 1.54) is 29.5 Å². The van der Waals surface area contributed by atoms with Crippen molar-refractivity contribution in [3.63, 3.8) is 0 Å². The van der Waals surface area contributed by atoms with E-state index >= 15 is 0 Å². The number of aromatic hydroxyl groups is 1. The Bertz CT molecular complexity index is 751. The molecule has 2 aromatic rings. The van der Waals surface area contributed by atoms with Crippen LogP contribution in [0.4, 0.5) is 0 Å². The third-order valence-electron chi connectivity index (χ3n) is 5.47. The molecular weight excluding hydrogens is 328 g/mol. The Morgan fingerprint density at radius 2 is 1.77 bits per heavy atom. The molecule has 3 N–H and O–H groups in total. The van der Waals surface area contributed by atoms with Gasteiger partial charge >= 0.3 is 0 Å². The molecule has 0 unspecified atom stereocenters. The van der Waals surface area contributed by atoms with Crippen LogP contribution >= 0.6 is 0 Å². The molecule has 4 rings (SSSR count). The van der Waals surface area contributed by atoms with Crippen molar-refractivity contribution in [2.75, 3.05) is 6.61 Å². The second-order valence-corrected chi connectivity index (χ2v) is 7.63. The average molecular weight is 354 g/mol. The first kappa shape index (κ1) is 17.5. The zero-order valence-corrected chi connectivity index (χ0v) is 14.8. The highest BCUT2D eigenvalue weighted by molar-refractivity contribution is 5.41. The monoisotopic (exact) mass is 354 g/mol. The summed E-state index contributed by atoms with van der Waals surface area (Å²) in [6, 6.07) is 13.9. The van der Waals surface area contributed by atoms with E-state index in [1.807, 2.05) is 12.1 Å². The molecule has 1 aliphatic carbocycles. The first-order valence-electron chi connectivity index (χ1n) is 9.47. The maximum atomic E-state index is 10.1. The van der Waals surface area contributed by atoms with Gasteiger partial charge in [0.05, 0.1) is 24.9 Å². The standard InChI is InChI=1S/C22H26O4/c23-13-20-11-19(25)12-22(26-20)16-5-8-21(15-3-4-15)17(10-16)9-14-1-6-18(24)7-2-14/h1-2,5-8,10,15,19-20,22-25H,3-4,9,11-13H2/t19-,20-,22+/m0/s1. The number of hydrogen-bond acceptors (Lipinski definition) is 4. The van der Waals surface area contributed by atoms with E-state index in [1.54, 1.807) is 12.1 Å². The van der Waals surface area contributed by atoms with Gasteiger partial charge in [-0.1, -0.05) is 30.3 Å². The largest absolute Gasteiger partial charge is 0.508 e. The van der Waals surface area contributed by atoms with Gasteiger partial charge in [0.2, 0.25) is 0 Å². The Labute approximate surface area is 154 Å². The second kappa shape index (κ2) is 7.39. The van der Waals surface area contributed by atoms with E-state index in [0.717, 1.165) is 12.0 Å². The molecule has 3 atom stereocenters. The first-order valence-corrected chi connectivity index (χ1v) is 9.47. The lowest BCUT2D eigenvalue weighted by molar-refractivity contribution is -0.113. The van der Waals surface area contributed by atoms with Crippen molar-refractivity contribution in [2.45, 2.75) is 56.3 Å². The number of aliphatic hydroxyl groups excluding tert-OH is 2. The Balaban J connectivity index is 1.61. The molecule has 4 heteroatoms. The van der Waals surface area contributed by atoms with Crippen LogP contribution in [0.5, 0.6) is 5.75 Å². The van der Waals surface area contributed by atoms with Crippen LogP contribution in [0.15, 0.2) is 42.5 Å². The van der Waals surface area contributed by atoms with Gasteiger partial charge in [0.1, 0.15) is 5.75 Å². The van der Waals surface area contributed by atoms with Crippen LogP contribution in [0, 0.1) is 0 Å². The van der Waals surface area contributed by atoms with Gasteiger partial charge in [-0.2, -0.15) is 0 Å². The topological polar surface area (TPSA) is 69.9 Å². The smallest absolute Gasteiger partial charge is 0.115 e. The van der Waals surface area contributed by atoms with E-state index in [2.05, 4.69) is 18.2 Å². The molecule has 2 fully saturated rings. The van der Waals surface area contributed by atoms with Crippen molar-refractivity contribution >= 4 is 0 Å². The molecule has 4 nitrogen and oxygen atoms in total. The van der Waals surface area contributed by atoms with Gasteiger partial charge < -0.3 is 20.1 Å². The fraction of sp³-hybridized carbons (Fsp3) is 0.455. The third kappa shape index (κ3) is 3.93. The molecule has 26 heavy (non-hydrogen) atoms. The van der Waals surface area contributed by atoms with Gasteiger partial charge in [0.15, 0.2) is 0 Å². The summed E-state index contributed by atoms with van der Waals surface area (Å²) in [6.07, 6.45) is 3.45. The molecule has 0 radical (unpaired) electrons. The fourth-order valence-electron chi connectivity index (χ4n) is 3.93. The van der Waals surface area contributed by atoms with Crippen molar-refractivity contribution in [3.05, 3.63) is 64.7 Å². The quantitative estimate of drug-likeness (QED) is 0.769. The van der Waals surface area contributed by atoms with Gasteiger partial charge in [0, 0.05) is 12.8 Å². The van der Waals surface area contributed by atoms with Crippen molar-refractivity contribution < 1.29 is 20.1 Å². The minimum atomic E-state index is -0.436. The molecule has 0 aromatic heterocycles. The lowest BCUT2D eigenvalue weighted by atomic mass is 9.90. The molecule has 138 valence electrons. The van der Waals surface area contributed by atoms with Crippen LogP contribution in [-0.2, 0) is 11.2 Å². The SMILES string of the molecule is OC[C@@H]1C[C@H](O)C[C@H](c2ccc(C3CC3)c(Cc3ccc(O)cc3)c2)O1. The lowest BCUT2D eigenvalue weighted by Gasteiger charge is -2.33. The van der Waals surface area contributed by atoms with Crippen LogP contribution in [0.1, 0.15) is 60.0 Å². The van der Waals surface area contributed by atoms with Gasteiger partial charge in [-0.25, -0.2) is 0 Å². The molecule has 1 aliphatic heterocycles. The predicted molar refractivity (Wildman–Crippen MR) is 99.3 cm³/mol. The van der Waals surface area contributed by atoms with E-state index in [0.29, 0.717) is 18.8 Å². The van der Waals surface area contributed by atoms with Crippen molar-refractivity contribution in [1.29, 1.82) is 0 Å². The summed E-state index contributed by atoms with van der Waals surface area (Å²) in [6.45, 7) is -0.0614. The van der Waals surface area contributed by atoms with Crippen LogP contribution in [0.2, 0.25) is 0 Å². The lowest BCUT2D eigenvalue weighted by Crippen LogP contribution is -2.33. The summed E-state index contributed by atoms with van der Waals surface area (Å²) in [5.74, 6) is 0.934. The summed E-state index contributed by atoms with van der Waals surface area (Å²) in [7, 11) is 0. The maximum Gasteiger partial charge on any atom is 0.115 e. The molecule has 0 spiro atoms. The molecule has 0 bridgehead atoms. The van der Waals surface area contributed by atoms with E-state index in [4.69, 9.17) is 4.74 Å². The van der Waals surface area contributed by atoms with Crippen molar-refractivity contribution in [1.82, 2.24) is 0 Å².